The molecule has 0 aromatic heterocycles. The van der Waals surface area contributed by atoms with Crippen molar-refractivity contribution in [1.29, 1.82) is 0 Å². The summed E-state index contributed by atoms with van der Waals surface area (Å²) >= 11 is 0. The molecule has 4 nitrogen and oxygen atoms in total. The number of ether oxygens (including phenoxy) is 2. The van der Waals surface area contributed by atoms with Crippen LogP contribution in [0.15, 0.2) is 24.3 Å². The molecule has 3 rings (SSSR count). The van der Waals surface area contributed by atoms with E-state index in [0.29, 0.717) is 19.0 Å². The highest BCUT2D eigenvalue weighted by molar-refractivity contribution is 5.95. The number of amides is 1. The highest BCUT2D eigenvalue weighted by atomic mass is 16.5. The zero-order chi connectivity index (χ0) is 14.9. The zero-order valence-electron chi connectivity index (χ0n) is 12.8. The topological polar surface area (TPSA) is 38.8 Å². The molecule has 0 N–H and O–H groups in total. The largest absolute Gasteiger partial charge is 0.385 e. The predicted molar refractivity (Wildman–Crippen MR) is 80.4 cm³/mol. The Labute approximate surface area is 126 Å². The molecule has 0 aliphatic carbocycles. The van der Waals surface area contributed by atoms with E-state index in [0.717, 1.165) is 37.2 Å². The summed E-state index contributed by atoms with van der Waals surface area (Å²) in [4.78, 5) is 14.4. The van der Waals surface area contributed by atoms with Crippen molar-refractivity contribution in [1.82, 2.24) is 4.90 Å². The number of rotatable bonds is 4. The molecule has 0 bridgehead atoms. The van der Waals surface area contributed by atoms with Gasteiger partial charge in [-0.1, -0.05) is 17.7 Å². The molecule has 1 atom stereocenters. The SMILES string of the molecule is COCC[C@H]1CCOC12CN(C(=O)c1cccc(C)c1)C2. The van der Waals surface area contributed by atoms with Gasteiger partial charge in [-0.3, -0.25) is 4.79 Å². The second-order valence-corrected chi connectivity index (χ2v) is 6.21. The van der Waals surface area contributed by atoms with Crippen molar-refractivity contribution in [2.45, 2.75) is 25.4 Å². The quantitative estimate of drug-likeness (QED) is 0.853. The average molecular weight is 289 g/mol. The van der Waals surface area contributed by atoms with E-state index in [1.807, 2.05) is 36.1 Å². The van der Waals surface area contributed by atoms with Gasteiger partial charge in [-0.2, -0.15) is 0 Å². The summed E-state index contributed by atoms with van der Waals surface area (Å²) in [6.45, 7) is 5.01. The summed E-state index contributed by atoms with van der Waals surface area (Å²) in [7, 11) is 1.73. The highest BCUT2D eigenvalue weighted by Crippen LogP contribution is 2.42. The van der Waals surface area contributed by atoms with Crippen LogP contribution in [0.5, 0.6) is 0 Å². The first-order valence-corrected chi connectivity index (χ1v) is 7.63. The molecule has 0 unspecified atom stereocenters. The zero-order valence-corrected chi connectivity index (χ0v) is 12.8. The van der Waals surface area contributed by atoms with E-state index in [1.54, 1.807) is 7.11 Å². The standard InChI is InChI=1S/C17H23NO3/c1-13-4-3-5-14(10-13)16(19)18-11-17(12-18)15(6-8-20-2)7-9-21-17/h3-5,10,15H,6-9,11-12H2,1-2H3/t15-/m0/s1. The normalized spacial score (nSPS) is 23.3. The van der Waals surface area contributed by atoms with Gasteiger partial charge in [0.15, 0.2) is 0 Å². The smallest absolute Gasteiger partial charge is 0.254 e. The number of hydrogen-bond donors (Lipinski definition) is 0. The first-order chi connectivity index (χ1) is 10.1. The van der Waals surface area contributed by atoms with Crippen molar-refractivity contribution in [3.05, 3.63) is 35.4 Å². The fourth-order valence-corrected chi connectivity index (χ4v) is 3.51. The number of nitrogens with zero attached hydrogens (tertiary/aromatic N) is 1. The Balaban J connectivity index is 1.63. The van der Waals surface area contributed by atoms with E-state index in [2.05, 4.69) is 0 Å². The Morgan fingerprint density at radius 3 is 3.00 bits per heavy atom. The van der Waals surface area contributed by atoms with Crippen molar-refractivity contribution >= 4 is 5.91 Å². The van der Waals surface area contributed by atoms with E-state index >= 15 is 0 Å². The minimum Gasteiger partial charge on any atom is -0.385 e. The minimum atomic E-state index is -0.113. The van der Waals surface area contributed by atoms with E-state index in [4.69, 9.17) is 9.47 Å². The number of benzene rings is 1. The van der Waals surface area contributed by atoms with Gasteiger partial charge >= 0.3 is 0 Å². The molecular formula is C17H23NO3. The number of methoxy groups -OCH3 is 1. The monoisotopic (exact) mass is 289 g/mol. The van der Waals surface area contributed by atoms with Crippen LogP contribution in [0.4, 0.5) is 0 Å². The van der Waals surface area contributed by atoms with E-state index in [1.165, 1.54) is 0 Å². The Kier molecular flexibility index (Phi) is 4.00. The molecule has 0 saturated carbocycles. The summed E-state index contributed by atoms with van der Waals surface area (Å²) in [5, 5.41) is 0. The van der Waals surface area contributed by atoms with Crippen LogP contribution in [-0.2, 0) is 9.47 Å². The van der Waals surface area contributed by atoms with Crippen molar-refractivity contribution in [3.63, 3.8) is 0 Å². The molecule has 4 heteroatoms. The van der Waals surface area contributed by atoms with E-state index in [-0.39, 0.29) is 11.5 Å². The van der Waals surface area contributed by atoms with Crippen LogP contribution < -0.4 is 0 Å². The first-order valence-electron chi connectivity index (χ1n) is 7.63. The van der Waals surface area contributed by atoms with Gasteiger partial charge in [-0.15, -0.1) is 0 Å². The maximum atomic E-state index is 12.5. The Bertz CT molecular complexity index is 523. The Morgan fingerprint density at radius 1 is 1.48 bits per heavy atom. The molecule has 114 valence electrons. The van der Waals surface area contributed by atoms with Crippen LogP contribution in [0.3, 0.4) is 0 Å². The number of hydrogen-bond acceptors (Lipinski definition) is 3. The van der Waals surface area contributed by atoms with E-state index < -0.39 is 0 Å². The Hall–Kier alpha value is -1.39. The fraction of sp³-hybridized carbons (Fsp3) is 0.588. The maximum Gasteiger partial charge on any atom is 0.254 e. The summed E-state index contributed by atoms with van der Waals surface area (Å²) < 4.78 is 11.2. The average Bonchev–Trinajstić information content (AvgIpc) is 2.86. The molecule has 1 aromatic carbocycles. The lowest BCUT2D eigenvalue weighted by Crippen LogP contribution is -2.66. The molecule has 21 heavy (non-hydrogen) atoms. The molecule has 2 fully saturated rings. The lowest BCUT2D eigenvalue weighted by molar-refractivity contribution is -0.120. The van der Waals surface area contributed by atoms with Crippen LogP contribution in [0.1, 0.15) is 28.8 Å². The number of aryl methyl sites for hydroxylation is 1. The molecule has 2 aliphatic rings. The van der Waals surface area contributed by atoms with Gasteiger partial charge in [0.1, 0.15) is 5.60 Å². The molecule has 2 aliphatic heterocycles. The predicted octanol–water partition coefficient (Wildman–Crippen LogP) is 2.26. The van der Waals surface area contributed by atoms with Gasteiger partial charge < -0.3 is 14.4 Å². The van der Waals surface area contributed by atoms with Crippen LogP contribution >= 0.6 is 0 Å². The summed E-state index contributed by atoms with van der Waals surface area (Å²) in [6.07, 6.45) is 2.10. The van der Waals surface area contributed by atoms with Gasteiger partial charge in [0.05, 0.1) is 13.1 Å². The van der Waals surface area contributed by atoms with Crippen molar-refractivity contribution in [2.75, 3.05) is 33.4 Å². The van der Waals surface area contributed by atoms with Gasteiger partial charge in [0.2, 0.25) is 0 Å². The highest BCUT2D eigenvalue weighted by Gasteiger charge is 2.54. The second-order valence-electron chi connectivity index (χ2n) is 6.21. The summed E-state index contributed by atoms with van der Waals surface area (Å²) in [5.74, 6) is 0.629. The van der Waals surface area contributed by atoms with E-state index in [9.17, 15) is 4.79 Å². The number of likely N-dealkylation sites (tertiary alicyclic amines) is 1. The molecular weight excluding hydrogens is 266 g/mol. The third-order valence-corrected chi connectivity index (χ3v) is 4.74. The molecule has 2 saturated heterocycles. The molecule has 2 heterocycles. The van der Waals surface area contributed by atoms with Crippen molar-refractivity contribution < 1.29 is 14.3 Å². The summed E-state index contributed by atoms with van der Waals surface area (Å²) in [6, 6.07) is 7.78. The minimum absolute atomic E-state index is 0.113. The van der Waals surface area contributed by atoms with Crippen LogP contribution in [0.2, 0.25) is 0 Å². The van der Waals surface area contributed by atoms with Gasteiger partial charge in [0, 0.05) is 25.9 Å². The van der Waals surface area contributed by atoms with Crippen LogP contribution in [-0.4, -0.2) is 49.8 Å². The van der Waals surface area contributed by atoms with Crippen molar-refractivity contribution in [3.8, 4) is 0 Å². The van der Waals surface area contributed by atoms with Gasteiger partial charge in [-0.25, -0.2) is 0 Å². The second kappa shape index (κ2) is 5.78. The van der Waals surface area contributed by atoms with Gasteiger partial charge in [-0.05, 0) is 37.8 Å². The fourth-order valence-electron chi connectivity index (χ4n) is 3.51. The lowest BCUT2D eigenvalue weighted by atomic mass is 9.79. The van der Waals surface area contributed by atoms with Gasteiger partial charge in [0.25, 0.3) is 5.91 Å². The molecule has 1 aromatic rings. The molecule has 0 radical (unpaired) electrons. The number of carbonyl (C=O) groups excluding carboxylic acids is 1. The van der Waals surface area contributed by atoms with Crippen LogP contribution in [0.25, 0.3) is 0 Å². The lowest BCUT2D eigenvalue weighted by Gasteiger charge is -2.50. The Morgan fingerprint density at radius 2 is 2.29 bits per heavy atom. The van der Waals surface area contributed by atoms with Crippen molar-refractivity contribution in [2.24, 2.45) is 5.92 Å². The van der Waals surface area contributed by atoms with Crippen LogP contribution in [0, 0.1) is 12.8 Å². The third kappa shape index (κ3) is 2.70. The third-order valence-electron chi connectivity index (χ3n) is 4.74. The number of carbonyl (C=O) groups is 1. The molecule has 1 amide bonds. The maximum absolute atomic E-state index is 12.5. The summed E-state index contributed by atoms with van der Waals surface area (Å²) in [5.41, 5.74) is 1.78. The first kappa shape index (κ1) is 14.5. The molecule has 1 spiro atoms.